The molecule has 0 aromatic rings. The monoisotopic (exact) mass is 274 g/mol. The van der Waals surface area contributed by atoms with E-state index < -0.39 is 10.0 Å². The zero-order valence-corrected chi connectivity index (χ0v) is 12.7. The number of nitrogens with one attached hydrogen (secondary N) is 2. The summed E-state index contributed by atoms with van der Waals surface area (Å²) in [5.74, 6) is 0.232. The van der Waals surface area contributed by atoms with Crippen molar-refractivity contribution in [1.29, 1.82) is 0 Å². The van der Waals surface area contributed by atoms with E-state index in [1.807, 2.05) is 0 Å². The van der Waals surface area contributed by atoms with E-state index in [4.69, 9.17) is 0 Å². The van der Waals surface area contributed by atoms with Gasteiger partial charge in [-0.15, -0.1) is 0 Å². The van der Waals surface area contributed by atoms with E-state index in [9.17, 15) is 8.42 Å². The molecule has 0 aromatic heterocycles. The van der Waals surface area contributed by atoms with Crippen molar-refractivity contribution in [3.63, 3.8) is 0 Å². The second kappa shape index (κ2) is 4.46. The van der Waals surface area contributed by atoms with Gasteiger partial charge in [0.05, 0.1) is 5.75 Å². The topological polar surface area (TPSA) is 58.2 Å². The second-order valence-corrected chi connectivity index (χ2v) is 8.77. The van der Waals surface area contributed by atoms with Crippen LogP contribution in [0.4, 0.5) is 0 Å². The summed E-state index contributed by atoms with van der Waals surface area (Å²) in [4.78, 5) is 0. The Morgan fingerprint density at radius 1 is 1.11 bits per heavy atom. The van der Waals surface area contributed by atoms with Gasteiger partial charge in [-0.3, -0.25) is 0 Å². The Morgan fingerprint density at radius 2 is 1.67 bits per heavy atom. The maximum atomic E-state index is 12.0. The molecule has 18 heavy (non-hydrogen) atoms. The maximum absolute atomic E-state index is 12.0. The van der Waals surface area contributed by atoms with Crippen molar-refractivity contribution < 1.29 is 8.42 Å². The Kier molecular flexibility index (Phi) is 3.54. The van der Waals surface area contributed by atoms with E-state index in [1.54, 1.807) is 0 Å². The molecule has 2 N–H and O–H groups in total. The molecule has 2 fully saturated rings. The van der Waals surface area contributed by atoms with Crippen molar-refractivity contribution >= 4 is 10.0 Å². The molecule has 106 valence electrons. The zero-order chi connectivity index (χ0) is 13.6. The van der Waals surface area contributed by atoms with E-state index in [-0.39, 0.29) is 22.6 Å². The first-order valence-corrected chi connectivity index (χ1v) is 8.55. The highest BCUT2D eigenvalue weighted by atomic mass is 32.2. The standard InChI is InChI=1S/C13H26N2O2S/c1-12(2)11(13(12,3)4)15-18(16,17)9-5-8-14-10-6-7-10/h10-11,14-15H,5-9H2,1-4H3. The van der Waals surface area contributed by atoms with Crippen molar-refractivity contribution in [3.05, 3.63) is 0 Å². The fourth-order valence-electron chi connectivity index (χ4n) is 2.59. The minimum absolute atomic E-state index is 0.0618. The molecule has 0 aliphatic heterocycles. The highest BCUT2D eigenvalue weighted by Crippen LogP contribution is 2.62. The first kappa shape index (κ1) is 14.3. The van der Waals surface area contributed by atoms with Crippen LogP contribution in [-0.4, -0.2) is 32.8 Å². The van der Waals surface area contributed by atoms with Crippen LogP contribution in [0, 0.1) is 10.8 Å². The molecule has 0 radical (unpaired) electrons. The van der Waals surface area contributed by atoms with Gasteiger partial charge in [0.15, 0.2) is 0 Å². The molecule has 0 saturated heterocycles. The normalized spacial score (nSPS) is 26.2. The first-order valence-electron chi connectivity index (χ1n) is 6.90. The Bertz CT molecular complexity index is 397. The van der Waals surface area contributed by atoms with Crippen LogP contribution in [0.2, 0.25) is 0 Å². The molecule has 5 heteroatoms. The lowest BCUT2D eigenvalue weighted by atomic mass is 10.0. The van der Waals surface area contributed by atoms with Crippen LogP contribution in [0.15, 0.2) is 0 Å². The summed E-state index contributed by atoms with van der Waals surface area (Å²) >= 11 is 0. The molecule has 2 saturated carbocycles. The van der Waals surface area contributed by atoms with Crippen LogP contribution in [0.25, 0.3) is 0 Å². The number of hydrogen-bond acceptors (Lipinski definition) is 3. The Morgan fingerprint density at radius 3 is 2.11 bits per heavy atom. The van der Waals surface area contributed by atoms with Gasteiger partial charge in [0.25, 0.3) is 0 Å². The number of hydrogen-bond donors (Lipinski definition) is 2. The van der Waals surface area contributed by atoms with E-state index in [0.717, 1.165) is 6.54 Å². The third kappa shape index (κ3) is 2.89. The van der Waals surface area contributed by atoms with Crippen LogP contribution < -0.4 is 10.0 Å². The lowest BCUT2D eigenvalue weighted by Gasteiger charge is -2.08. The van der Waals surface area contributed by atoms with Crippen LogP contribution >= 0.6 is 0 Å². The molecule has 0 amide bonds. The van der Waals surface area contributed by atoms with Crippen molar-refractivity contribution in [2.45, 2.75) is 59.0 Å². The maximum Gasteiger partial charge on any atom is 0.211 e. The van der Waals surface area contributed by atoms with Crippen LogP contribution in [0.3, 0.4) is 0 Å². The molecule has 0 heterocycles. The summed E-state index contributed by atoms with van der Waals surface area (Å²) in [6, 6.07) is 0.730. The molecular weight excluding hydrogens is 248 g/mol. The third-order valence-corrected chi connectivity index (χ3v) is 6.34. The summed E-state index contributed by atoms with van der Waals surface area (Å²) in [6.45, 7) is 9.29. The van der Waals surface area contributed by atoms with Gasteiger partial charge in [0, 0.05) is 12.1 Å². The summed E-state index contributed by atoms with van der Waals surface area (Å²) in [7, 11) is -3.13. The van der Waals surface area contributed by atoms with E-state index in [0.29, 0.717) is 12.5 Å². The molecule has 0 spiro atoms. The van der Waals surface area contributed by atoms with Crippen molar-refractivity contribution in [1.82, 2.24) is 10.0 Å². The van der Waals surface area contributed by atoms with Gasteiger partial charge in [0.1, 0.15) is 0 Å². The van der Waals surface area contributed by atoms with Gasteiger partial charge in [-0.1, -0.05) is 27.7 Å². The van der Waals surface area contributed by atoms with E-state index >= 15 is 0 Å². The Hall–Kier alpha value is -0.130. The molecule has 0 aromatic carbocycles. The predicted octanol–water partition coefficient (Wildman–Crippen LogP) is 1.48. The fraction of sp³-hybridized carbons (Fsp3) is 1.00. The average molecular weight is 274 g/mol. The van der Waals surface area contributed by atoms with Crippen molar-refractivity contribution in [3.8, 4) is 0 Å². The largest absolute Gasteiger partial charge is 0.314 e. The predicted molar refractivity (Wildman–Crippen MR) is 73.9 cm³/mol. The molecule has 2 aliphatic rings. The second-order valence-electron chi connectivity index (χ2n) is 6.90. The van der Waals surface area contributed by atoms with Gasteiger partial charge in [-0.25, -0.2) is 13.1 Å². The molecule has 0 bridgehead atoms. The minimum atomic E-state index is -3.13. The van der Waals surface area contributed by atoms with Crippen molar-refractivity contribution in [2.75, 3.05) is 12.3 Å². The number of sulfonamides is 1. The Balaban J connectivity index is 1.74. The zero-order valence-electron chi connectivity index (χ0n) is 11.9. The summed E-state index contributed by atoms with van der Waals surface area (Å²) in [6.07, 6.45) is 3.18. The minimum Gasteiger partial charge on any atom is -0.314 e. The molecular formula is C13H26N2O2S. The summed E-state index contributed by atoms with van der Waals surface area (Å²) in [5.41, 5.74) is 0.124. The molecule has 0 atom stereocenters. The van der Waals surface area contributed by atoms with E-state index in [1.165, 1.54) is 12.8 Å². The van der Waals surface area contributed by atoms with Crippen LogP contribution in [0.1, 0.15) is 47.0 Å². The van der Waals surface area contributed by atoms with Crippen LogP contribution in [-0.2, 0) is 10.0 Å². The molecule has 2 aliphatic carbocycles. The average Bonchev–Trinajstić information content (AvgIpc) is 3.10. The number of rotatable bonds is 7. The van der Waals surface area contributed by atoms with Gasteiger partial charge < -0.3 is 5.32 Å². The summed E-state index contributed by atoms with van der Waals surface area (Å²) < 4.78 is 26.8. The highest BCUT2D eigenvalue weighted by Gasteiger charge is 2.65. The first-order chi connectivity index (χ1) is 8.17. The van der Waals surface area contributed by atoms with Gasteiger partial charge >= 0.3 is 0 Å². The molecule has 0 unspecified atom stereocenters. The van der Waals surface area contributed by atoms with E-state index in [2.05, 4.69) is 37.7 Å². The Labute approximate surface area is 111 Å². The molecule has 4 nitrogen and oxygen atoms in total. The quantitative estimate of drug-likeness (QED) is 0.691. The summed E-state index contributed by atoms with van der Waals surface area (Å²) in [5, 5.41) is 3.34. The van der Waals surface area contributed by atoms with Gasteiger partial charge in [-0.2, -0.15) is 0 Å². The smallest absolute Gasteiger partial charge is 0.211 e. The van der Waals surface area contributed by atoms with Gasteiger partial charge in [-0.05, 0) is 36.6 Å². The third-order valence-electron chi connectivity index (χ3n) is 4.92. The van der Waals surface area contributed by atoms with Crippen molar-refractivity contribution in [2.24, 2.45) is 10.8 Å². The van der Waals surface area contributed by atoms with Crippen LogP contribution in [0.5, 0.6) is 0 Å². The molecule has 2 rings (SSSR count). The lowest BCUT2D eigenvalue weighted by Crippen LogP contribution is -2.33. The highest BCUT2D eigenvalue weighted by molar-refractivity contribution is 7.89. The fourth-order valence-corrected chi connectivity index (χ4v) is 4.18. The SMILES string of the molecule is CC1(C)C(NS(=O)(=O)CCCNC2CC2)C1(C)C. The van der Waals surface area contributed by atoms with Gasteiger partial charge in [0.2, 0.25) is 10.0 Å². The lowest BCUT2D eigenvalue weighted by molar-refractivity contribution is 0.457.